The largest absolute Gasteiger partial charge is 0.508 e. The molecule has 700 valence electrons. The predicted molar refractivity (Wildman–Crippen MR) is 480 cm³/mol. The maximum Gasteiger partial charge on any atom is 0.305 e. The number of aliphatic hydroxyl groups is 2. The topological polar surface area (TPSA) is 580 Å². The van der Waals surface area contributed by atoms with Crippen LogP contribution in [0.4, 0.5) is 0 Å². The van der Waals surface area contributed by atoms with Gasteiger partial charge in [-0.05, 0) is 144 Å². The normalized spacial score (nSPS) is 14.1. The lowest BCUT2D eigenvalue weighted by atomic mass is 9.98. The van der Waals surface area contributed by atoms with Crippen molar-refractivity contribution in [1.29, 1.82) is 0 Å². The number of aliphatic hydroxyl groups excluding tert-OH is 2. The number of carboxylic acids is 1. The smallest absolute Gasteiger partial charge is 0.305 e. The summed E-state index contributed by atoms with van der Waals surface area (Å²) in [6, 6.07) is 15.5. The van der Waals surface area contributed by atoms with Gasteiger partial charge < -0.3 is 112 Å². The second kappa shape index (κ2) is 64.0. The van der Waals surface area contributed by atoms with Crippen LogP contribution < -0.4 is 92.1 Å². The fraction of sp³-hybridized carbons (Fsp3) is 0.640. The van der Waals surface area contributed by atoms with Crippen molar-refractivity contribution in [2.24, 2.45) is 34.8 Å². The number of thioether (sulfide) groups is 1. The molecule has 0 aliphatic heterocycles. The Bertz CT molecular complexity index is 3720. The fourth-order valence-electron chi connectivity index (χ4n) is 14.3. The summed E-state index contributed by atoms with van der Waals surface area (Å²) in [5, 5.41) is 77.5. The van der Waals surface area contributed by atoms with Crippen LogP contribution in [0.2, 0.25) is 0 Å². The van der Waals surface area contributed by atoms with Crippen molar-refractivity contribution in [2.75, 3.05) is 51.0 Å². The van der Waals surface area contributed by atoms with Crippen molar-refractivity contribution in [2.45, 2.75) is 300 Å². The van der Waals surface area contributed by atoms with E-state index in [9.17, 15) is 82.4 Å². The van der Waals surface area contributed by atoms with E-state index in [0.717, 1.165) is 11.1 Å². The van der Waals surface area contributed by atoms with Gasteiger partial charge in [-0.3, -0.25) is 67.1 Å². The van der Waals surface area contributed by atoms with Gasteiger partial charge in [-0.25, -0.2) is 0 Å². The first-order valence-corrected chi connectivity index (χ1v) is 45.3. The van der Waals surface area contributed by atoms with Crippen LogP contribution in [0.3, 0.4) is 0 Å². The molecule has 125 heavy (non-hydrogen) atoms. The second-order valence-corrected chi connectivity index (χ2v) is 34.5. The van der Waals surface area contributed by atoms with Crippen LogP contribution >= 0.6 is 11.8 Å². The summed E-state index contributed by atoms with van der Waals surface area (Å²) in [5.74, 6) is -6.16. The van der Waals surface area contributed by atoms with Crippen LogP contribution in [-0.2, 0) is 86.4 Å². The molecule has 3 aromatic rings. The number of hydrogen-bond acceptors (Lipinski definition) is 22. The highest BCUT2D eigenvalue weighted by Gasteiger charge is 2.31. The SMILES string of the molecule is CC(=O)NCSCCC(=O)NCCCC[C@H](N)CC(=O)N[C@H](CC(=O)N[C@H](CC(=O)N[C@H](CC(=O)N[C@@H](CCCCN)CC(=O)N[C@@H](CO)CC(=O)N[C@@H](CCCCN)CC(=O)N[C@H](CC(=O)N[C@@H](CO)CC(=O)N[C@H](CC(=O)N[C@@H](CCCCN)CC(=O)N[C@@H](C)CC(=O)O)C(C)C)Cc1ccccc1)CC(C)C)Cc1ccc(O)cc1)Cc1ccccc1. The van der Waals surface area contributed by atoms with Crippen molar-refractivity contribution in [1.82, 2.24) is 69.1 Å². The third-order valence-corrected chi connectivity index (χ3v) is 21.4. The number of carbonyl (C=O) groups is 14. The van der Waals surface area contributed by atoms with Crippen LogP contribution in [0.15, 0.2) is 84.9 Å². The van der Waals surface area contributed by atoms with E-state index in [0.29, 0.717) is 140 Å². The van der Waals surface area contributed by atoms with Gasteiger partial charge in [0.2, 0.25) is 76.8 Å². The van der Waals surface area contributed by atoms with Crippen molar-refractivity contribution < 1.29 is 87.5 Å². The van der Waals surface area contributed by atoms with Gasteiger partial charge in [0.1, 0.15) is 5.75 Å². The molecule has 0 saturated heterocycles. The Kier molecular flexibility index (Phi) is 55.9. The molecule has 25 N–H and O–H groups in total. The number of phenolic OH excluding ortho intramolecular Hbond substituents is 1. The molecular formula is C89H145N17O18S. The summed E-state index contributed by atoms with van der Waals surface area (Å²) in [6.45, 7) is 10.6. The zero-order chi connectivity index (χ0) is 92.4. The Balaban J connectivity index is 1.69. The van der Waals surface area contributed by atoms with E-state index in [2.05, 4.69) is 69.1 Å². The number of carboxylic acid groups (broad SMARTS) is 1. The number of nitrogens with one attached hydrogen (secondary N) is 13. The average Bonchev–Trinajstić information content (AvgIpc) is 0.879. The summed E-state index contributed by atoms with van der Waals surface area (Å²) < 4.78 is 0. The first-order valence-electron chi connectivity index (χ1n) is 44.1. The lowest BCUT2D eigenvalue weighted by Gasteiger charge is -2.26. The lowest BCUT2D eigenvalue weighted by Crippen LogP contribution is -2.49. The molecule has 12 atom stereocenters. The van der Waals surface area contributed by atoms with E-state index in [1.807, 2.05) is 56.3 Å². The van der Waals surface area contributed by atoms with E-state index >= 15 is 0 Å². The van der Waals surface area contributed by atoms with E-state index in [1.54, 1.807) is 51.1 Å². The first kappa shape index (κ1) is 109. The highest BCUT2D eigenvalue weighted by molar-refractivity contribution is 7.99. The molecular weight excluding hydrogens is 1630 g/mol. The quantitative estimate of drug-likeness (QED) is 0.0285. The molecule has 0 heterocycles. The van der Waals surface area contributed by atoms with Crippen LogP contribution in [-0.4, -0.2) is 227 Å². The number of hydrogen-bond donors (Lipinski definition) is 21. The van der Waals surface area contributed by atoms with Crippen LogP contribution in [0.25, 0.3) is 0 Å². The standard InChI is InChI=1S/C89H145N17O18S/c1-58(2)39-69(100-83(117)50-72(43-64-29-31-75(110)32-30-64)103-84(118)49-70(41-62-21-9-7-10-22-62)101-78(112)44-65(93)25-16-20-37-94-77(111)33-38-125-57-95-61(6)109)48-82(116)97-68(28-15-19-36-92)47-81(115)104-73(55-107)52-86(120)98-67(27-14-18-35-91)46-80(114)102-71(42-63-23-11-8-12-24-63)51-85(119)105-74(56-108)53-87(121)106-76(59(3)4)54-88(122)99-66(26-13-17-34-90)45-79(113)96-60(5)40-89(123)124/h7-12,21-24,29-32,58-60,65-74,76,107-108,110H,13-20,25-28,33-57,90-93H2,1-6H3,(H,94,111)(H,95,109)(H,96,113)(H,97,116)(H,98,120)(H,99,122)(H,100,117)(H,101,112)(H,102,114)(H,103,118)(H,104,115)(H,105,119)(H,106,121)(H,123,124)/t60-,65-,66-,67-,68-,69-,70-,71-,72-,73+,74+,76+/m0/s1. The van der Waals surface area contributed by atoms with E-state index in [1.165, 1.54) is 30.8 Å². The Labute approximate surface area is 741 Å². The number of aromatic hydroxyl groups is 1. The van der Waals surface area contributed by atoms with Crippen molar-refractivity contribution >= 4 is 94.5 Å². The maximum absolute atomic E-state index is 14.3. The molecule has 3 rings (SSSR count). The van der Waals surface area contributed by atoms with Crippen LogP contribution in [0, 0.1) is 11.8 Å². The highest BCUT2D eigenvalue weighted by atomic mass is 32.2. The van der Waals surface area contributed by atoms with Gasteiger partial charge in [-0.2, -0.15) is 0 Å². The third-order valence-electron chi connectivity index (χ3n) is 20.6. The zero-order valence-corrected chi connectivity index (χ0v) is 74.9. The molecule has 0 fully saturated rings. The number of aliphatic carboxylic acids is 1. The molecule has 0 aliphatic rings. The first-order chi connectivity index (χ1) is 59.6. The Hall–Kier alpha value is -9.85. The molecule has 0 spiro atoms. The predicted octanol–water partition coefficient (Wildman–Crippen LogP) is 2.44. The molecule has 0 saturated carbocycles. The van der Waals surface area contributed by atoms with Crippen LogP contribution in [0.1, 0.15) is 225 Å². The number of carbonyl (C=O) groups excluding carboxylic acids is 13. The number of rotatable bonds is 68. The van der Waals surface area contributed by atoms with E-state index < -0.39 is 157 Å². The molecule has 0 aromatic heterocycles. The molecule has 0 bridgehead atoms. The summed E-state index contributed by atoms with van der Waals surface area (Å²) in [6.07, 6.45) is 4.78. The number of unbranched alkanes of at least 4 members (excludes halogenated alkanes) is 4. The van der Waals surface area contributed by atoms with Gasteiger partial charge in [0, 0.05) is 157 Å². The molecule has 0 radical (unpaired) electrons. The van der Waals surface area contributed by atoms with Crippen molar-refractivity contribution in [3.8, 4) is 5.75 Å². The Morgan fingerprint density at radius 1 is 0.368 bits per heavy atom. The summed E-state index contributed by atoms with van der Waals surface area (Å²) >= 11 is 1.45. The van der Waals surface area contributed by atoms with Gasteiger partial charge in [-0.15, -0.1) is 11.8 Å². The molecule has 0 unspecified atom stereocenters. The number of phenols is 1. The third kappa shape index (κ3) is 53.9. The second-order valence-electron chi connectivity index (χ2n) is 33.3. The number of amides is 13. The summed E-state index contributed by atoms with van der Waals surface area (Å²) in [4.78, 5) is 187. The van der Waals surface area contributed by atoms with Crippen LogP contribution in [0.5, 0.6) is 5.75 Å². The molecule has 36 heteroatoms. The van der Waals surface area contributed by atoms with Gasteiger partial charge in [0.25, 0.3) is 0 Å². The molecule has 3 aromatic carbocycles. The number of nitrogens with two attached hydrogens (primary N) is 4. The van der Waals surface area contributed by atoms with Gasteiger partial charge in [-0.1, -0.05) is 126 Å². The lowest BCUT2D eigenvalue weighted by molar-refractivity contribution is -0.138. The highest BCUT2D eigenvalue weighted by Crippen LogP contribution is 2.19. The van der Waals surface area contributed by atoms with Gasteiger partial charge in [0.05, 0.1) is 37.6 Å². The minimum Gasteiger partial charge on any atom is -0.508 e. The Morgan fingerprint density at radius 2 is 0.712 bits per heavy atom. The average molecular weight is 1770 g/mol. The minimum atomic E-state index is -1.11. The van der Waals surface area contributed by atoms with Gasteiger partial charge in [0.15, 0.2) is 0 Å². The monoisotopic (exact) mass is 1770 g/mol. The molecule has 13 amide bonds. The van der Waals surface area contributed by atoms with Crippen molar-refractivity contribution in [3.05, 3.63) is 102 Å². The summed E-state index contributed by atoms with van der Waals surface area (Å²) in [7, 11) is 0. The van der Waals surface area contributed by atoms with E-state index in [-0.39, 0.29) is 119 Å². The molecule has 35 nitrogen and oxygen atoms in total. The van der Waals surface area contributed by atoms with Crippen molar-refractivity contribution in [3.63, 3.8) is 0 Å². The fourth-order valence-corrected chi connectivity index (χ4v) is 15.1. The molecule has 0 aliphatic carbocycles. The Morgan fingerprint density at radius 3 is 1.10 bits per heavy atom. The number of benzene rings is 3. The zero-order valence-electron chi connectivity index (χ0n) is 74.1. The van der Waals surface area contributed by atoms with E-state index in [4.69, 9.17) is 28.0 Å². The van der Waals surface area contributed by atoms with Gasteiger partial charge >= 0.3 is 5.97 Å². The summed E-state index contributed by atoms with van der Waals surface area (Å²) in [5.41, 5.74) is 26.2. The minimum absolute atomic E-state index is 0.0118. The maximum atomic E-state index is 14.3.